The van der Waals surface area contributed by atoms with Crippen molar-refractivity contribution in [3.63, 3.8) is 0 Å². The molecule has 0 aromatic rings. The standard InChI is InChI=1S/C27H60N4/c1-7-11-18-26(28,16-9-3)24(5)22-30-20-14-13-15-21-31-23-25(6)27(29,17-10-4)19-12-8-2/h24-25,30-31H,7-23,28-29H2,1-6H3. The molecule has 0 saturated carbocycles. The molecule has 6 N–H and O–H groups in total. The van der Waals surface area contributed by atoms with Crippen LogP contribution in [0.15, 0.2) is 0 Å². The van der Waals surface area contributed by atoms with Gasteiger partial charge in [0.25, 0.3) is 0 Å². The lowest BCUT2D eigenvalue weighted by atomic mass is 9.78. The minimum Gasteiger partial charge on any atom is -0.325 e. The summed E-state index contributed by atoms with van der Waals surface area (Å²) in [6.45, 7) is 18.0. The lowest BCUT2D eigenvalue weighted by Gasteiger charge is -2.36. The van der Waals surface area contributed by atoms with Crippen molar-refractivity contribution < 1.29 is 0 Å². The van der Waals surface area contributed by atoms with Crippen LogP contribution >= 0.6 is 0 Å². The predicted octanol–water partition coefficient (Wildman–Crippen LogP) is 5.98. The van der Waals surface area contributed by atoms with Gasteiger partial charge in [0.05, 0.1) is 0 Å². The van der Waals surface area contributed by atoms with Gasteiger partial charge >= 0.3 is 0 Å². The summed E-state index contributed by atoms with van der Waals surface area (Å²) >= 11 is 0. The van der Waals surface area contributed by atoms with Crippen LogP contribution in [0.25, 0.3) is 0 Å². The molecule has 4 nitrogen and oxygen atoms in total. The summed E-state index contributed by atoms with van der Waals surface area (Å²) in [6, 6.07) is 0. The monoisotopic (exact) mass is 440 g/mol. The molecule has 0 fully saturated rings. The zero-order chi connectivity index (χ0) is 23.6. The normalized spacial score (nSPS) is 17.8. The predicted molar refractivity (Wildman–Crippen MR) is 141 cm³/mol. The van der Waals surface area contributed by atoms with E-state index in [4.69, 9.17) is 11.5 Å². The van der Waals surface area contributed by atoms with Gasteiger partial charge in [-0.15, -0.1) is 0 Å². The first kappa shape index (κ1) is 30.8. The van der Waals surface area contributed by atoms with Crippen LogP contribution in [0.5, 0.6) is 0 Å². The molecule has 0 aliphatic carbocycles. The zero-order valence-corrected chi connectivity index (χ0v) is 22.3. The lowest BCUT2D eigenvalue weighted by Crippen LogP contribution is -2.49. The Labute approximate surface area is 196 Å². The molecule has 0 aromatic heterocycles. The van der Waals surface area contributed by atoms with E-state index in [1.54, 1.807) is 0 Å². The highest BCUT2D eigenvalue weighted by atomic mass is 14.9. The van der Waals surface area contributed by atoms with Crippen LogP contribution in [0.2, 0.25) is 0 Å². The van der Waals surface area contributed by atoms with E-state index >= 15 is 0 Å². The van der Waals surface area contributed by atoms with Crippen LogP contribution in [0.4, 0.5) is 0 Å². The Balaban J connectivity index is 3.95. The van der Waals surface area contributed by atoms with Gasteiger partial charge in [-0.1, -0.05) is 86.5 Å². The molecular weight excluding hydrogens is 380 g/mol. The Bertz CT molecular complexity index is 367. The highest BCUT2D eigenvalue weighted by Crippen LogP contribution is 2.27. The first-order valence-corrected chi connectivity index (χ1v) is 13.8. The Morgan fingerprint density at radius 3 is 1.26 bits per heavy atom. The first-order valence-electron chi connectivity index (χ1n) is 13.8. The van der Waals surface area contributed by atoms with Crippen LogP contribution in [0.3, 0.4) is 0 Å². The smallest absolute Gasteiger partial charge is 0.0192 e. The minimum absolute atomic E-state index is 0.00545. The van der Waals surface area contributed by atoms with Gasteiger partial charge in [0.1, 0.15) is 0 Å². The summed E-state index contributed by atoms with van der Waals surface area (Å²) in [7, 11) is 0. The molecule has 0 aromatic carbocycles. The van der Waals surface area contributed by atoms with Gasteiger partial charge in [-0.3, -0.25) is 0 Å². The van der Waals surface area contributed by atoms with Crippen LogP contribution in [-0.4, -0.2) is 37.3 Å². The van der Waals surface area contributed by atoms with Crippen molar-refractivity contribution in [2.24, 2.45) is 23.3 Å². The number of hydrogen-bond donors (Lipinski definition) is 4. The van der Waals surface area contributed by atoms with Gasteiger partial charge in [-0.05, 0) is 76.5 Å². The second kappa shape index (κ2) is 18.3. The van der Waals surface area contributed by atoms with Gasteiger partial charge in [0.2, 0.25) is 0 Å². The fourth-order valence-corrected chi connectivity index (χ4v) is 4.90. The molecule has 0 rings (SSSR count). The van der Waals surface area contributed by atoms with Gasteiger partial charge in [0.15, 0.2) is 0 Å². The molecule has 0 aliphatic heterocycles. The summed E-state index contributed by atoms with van der Waals surface area (Å²) in [5.41, 5.74) is 13.6. The van der Waals surface area contributed by atoms with Gasteiger partial charge < -0.3 is 22.1 Å². The van der Waals surface area contributed by atoms with Crippen molar-refractivity contribution in [2.45, 2.75) is 136 Å². The highest BCUT2D eigenvalue weighted by Gasteiger charge is 2.30. The summed E-state index contributed by atoms with van der Waals surface area (Å²) in [4.78, 5) is 0. The molecule has 0 bridgehead atoms. The molecule has 188 valence electrons. The van der Waals surface area contributed by atoms with Gasteiger partial charge in [-0.25, -0.2) is 0 Å². The molecule has 4 unspecified atom stereocenters. The van der Waals surface area contributed by atoms with E-state index in [0.29, 0.717) is 11.8 Å². The SMILES string of the molecule is CCCCC(N)(CCC)C(C)CNCCCCCNCC(C)C(N)(CCC)CCCC. The zero-order valence-electron chi connectivity index (χ0n) is 22.3. The van der Waals surface area contributed by atoms with E-state index in [9.17, 15) is 0 Å². The summed E-state index contributed by atoms with van der Waals surface area (Å²) in [6.07, 6.45) is 15.7. The summed E-state index contributed by atoms with van der Waals surface area (Å²) < 4.78 is 0. The van der Waals surface area contributed by atoms with E-state index < -0.39 is 0 Å². The Kier molecular flexibility index (Phi) is 18.2. The Morgan fingerprint density at radius 1 is 0.548 bits per heavy atom. The Morgan fingerprint density at radius 2 is 0.935 bits per heavy atom. The third kappa shape index (κ3) is 13.2. The van der Waals surface area contributed by atoms with Gasteiger partial charge in [-0.2, -0.15) is 0 Å². The lowest BCUT2D eigenvalue weighted by molar-refractivity contribution is 0.235. The molecule has 4 heteroatoms. The van der Waals surface area contributed by atoms with Gasteiger partial charge in [0, 0.05) is 11.1 Å². The van der Waals surface area contributed by atoms with Crippen molar-refractivity contribution in [1.29, 1.82) is 0 Å². The second-order valence-electron chi connectivity index (χ2n) is 10.4. The summed E-state index contributed by atoms with van der Waals surface area (Å²) in [5.74, 6) is 1.07. The van der Waals surface area contributed by atoms with E-state index in [0.717, 1.165) is 51.9 Å². The van der Waals surface area contributed by atoms with Crippen LogP contribution in [0, 0.1) is 11.8 Å². The number of hydrogen-bond acceptors (Lipinski definition) is 4. The van der Waals surface area contributed by atoms with Crippen molar-refractivity contribution in [3.8, 4) is 0 Å². The molecule has 0 radical (unpaired) electrons. The van der Waals surface area contributed by atoms with E-state index in [1.807, 2.05) is 0 Å². The minimum atomic E-state index is 0.00545. The van der Waals surface area contributed by atoms with Crippen LogP contribution in [0.1, 0.15) is 125 Å². The van der Waals surface area contributed by atoms with Crippen molar-refractivity contribution in [1.82, 2.24) is 10.6 Å². The number of rotatable bonds is 22. The van der Waals surface area contributed by atoms with Crippen LogP contribution < -0.4 is 22.1 Å². The number of nitrogens with one attached hydrogen (secondary N) is 2. The fourth-order valence-electron chi connectivity index (χ4n) is 4.90. The molecule has 0 saturated heterocycles. The topological polar surface area (TPSA) is 76.1 Å². The largest absolute Gasteiger partial charge is 0.325 e. The molecular formula is C27H60N4. The van der Waals surface area contributed by atoms with Crippen molar-refractivity contribution in [3.05, 3.63) is 0 Å². The molecule has 4 atom stereocenters. The summed E-state index contributed by atoms with van der Waals surface area (Å²) in [5, 5.41) is 7.34. The second-order valence-corrected chi connectivity index (χ2v) is 10.4. The average molecular weight is 441 g/mol. The highest BCUT2D eigenvalue weighted by molar-refractivity contribution is 4.90. The number of nitrogens with two attached hydrogens (primary N) is 2. The van der Waals surface area contributed by atoms with Crippen molar-refractivity contribution >= 4 is 0 Å². The number of unbranched alkanes of at least 4 members (excludes halogenated alkanes) is 4. The maximum atomic E-state index is 6.78. The third-order valence-corrected chi connectivity index (χ3v) is 7.49. The van der Waals surface area contributed by atoms with E-state index in [1.165, 1.54) is 57.8 Å². The molecule has 0 aliphatic rings. The third-order valence-electron chi connectivity index (χ3n) is 7.49. The quantitative estimate of drug-likeness (QED) is 0.156. The average Bonchev–Trinajstić information content (AvgIpc) is 2.75. The molecule has 0 spiro atoms. The van der Waals surface area contributed by atoms with Crippen LogP contribution in [-0.2, 0) is 0 Å². The van der Waals surface area contributed by atoms with E-state index in [-0.39, 0.29) is 11.1 Å². The van der Waals surface area contributed by atoms with E-state index in [2.05, 4.69) is 52.2 Å². The molecule has 0 amide bonds. The first-order chi connectivity index (χ1) is 14.8. The Hall–Kier alpha value is -0.160. The maximum absolute atomic E-state index is 6.78. The fraction of sp³-hybridized carbons (Fsp3) is 1.00. The maximum Gasteiger partial charge on any atom is 0.0192 e. The molecule has 31 heavy (non-hydrogen) atoms. The molecule has 0 heterocycles. The van der Waals surface area contributed by atoms with Crippen molar-refractivity contribution in [2.75, 3.05) is 26.2 Å².